The van der Waals surface area contributed by atoms with E-state index in [9.17, 15) is 4.79 Å². The van der Waals surface area contributed by atoms with Gasteiger partial charge in [-0.3, -0.25) is 0 Å². The van der Waals surface area contributed by atoms with Crippen LogP contribution < -0.4 is 14.2 Å². The fourth-order valence-electron chi connectivity index (χ4n) is 3.91. The molecular formula is C32H32O5. The maximum Gasteiger partial charge on any atom is 0.333 e. The van der Waals surface area contributed by atoms with E-state index in [0.717, 1.165) is 23.6 Å². The van der Waals surface area contributed by atoms with Gasteiger partial charge in [-0.1, -0.05) is 91.5 Å². The number of hydrogen-bond acceptors (Lipinski definition) is 5. The number of benzene rings is 4. The Morgan fingerprint density at radius 1 is 0.649 bits per heavy atom. The van der Waals surface area contributed by atoms with Crippen molar-refractivity contribution in [2.45, 2.75) is 19.8 Å². The summed E-state index contributed by atoms with van der Waals surface area (Å²) in [6.45, 7) is 6.56. The van der Waals surface area contributed by atoms with E-state index >= 15 is 0 Å². The van der Waals surface area contributed by atoms with Crippen LogP contribution in [0.5, 0.6) is 17.2 Å². The lowest BCUT2D eigenvalue weighted by atomic mass is 10.1. The molecule has 0 atom stereocenters. The lowest BCUT2D eigenvalue weighted by Gasteiger charge is -2.18. The molecule has 4 aromatic rings. The van der Waals surface area contributed by atoms with Crippen LogP contribution in [0.25, 0.3) is 10.8 Å². The zero-order chi connectivity index (χ0) is 25.9. The number of ether oxygens (including phenoxy) is 4. The summed E-state index contributed by atoms with van der Waals surface area (Å²) in [5.41, 5.74) is 2.77. The summed E-state index contributed by atoms with van der Waals surface area (Å²) in [5.74, 6) is 1.53. The van der Waals surface area contributed by atoms with Crippen LogP contribution in [0.1, 0.15) is 18.1 Å². The number of esters is 1. The number of rotatable bonds is 13. The highest BCUT2D eigenvalue weighted by atomic mass is 16.6. The minimum absolute atomic E-state index is 0.125. The average molecular weight is 497 g/mol. The van der Waals surface area contributed by atoms with E-state index in [4.69, 9.17) is 18.9 Å². The molecule has 0 aliphatic heterocycles. The van der Waals surface area contributed by atoms with E-state index in [0.29, 0.717) is 36.0 Å². The zero-order valence-electron chi connectivity index (χ0n) is 21.2. The summed E-state index contributed by atoms with van der Waals surface area (Å²) in [6.07, 6.45) is 1.55. The molecule has 5 heteroatoms. The van der Waals surface area contributed by atoms with Gasteiger partial charge in [0.15, 0.2) is 11.5 Å². The molecule has 0 bridgehead atoms. The van der Waals surface area contributed by atoms with Crippen molar-refractivity contribution in [2.75, 3.05) is 26.4 Å². The van der Waals surface area contributed by atoms with E-state index in [-0.39, 0.29) is 13.2 Å². The zero-order valence-corrected chi connectivity index (χ0v) is 21.2. The van der Waals surface area contributed by atoms with Gasteiger partial charge in [0.2, 0.25) is 0 Å². The topological polar surface area (TPSA) is 54.0 Å². The lowest BCUT2D eigenvalue weighted by Crippen LogP contribution is -2.13. The normalized spacial score (nSPS) is 10.6. The Morgan fingerprint density at radius 3 is 1.81 bits per heavy atom. The van der Waals surface area contributed by atoms with E-state index in [1.54, 1.807) is 6.92 Å². The first-order chi connectivity index (χ1) is 18.1. The average Bonchev–Trinajstić information content (AvgIpc) is 2.93. The Bertz CT molecular complexity index is 1320. The first kappa shape index (κ1) is 25.8. The van der Waals surface area contributed by atoms with Gasteiger partial charge in [0.1, 0.15) is 19.0 Å². The molecule has 0 radical (unpaired) electrons. The quantitative estimate of drug-likeness (QED) is 0.119. The highest BCUT2D eigenvalue weighted by Gasteiger charge is 2.16. The second-order valence-corrected chi connectivity index (χ2v) is 8.68. The van der Waals surface area contributed by atoms with Crippen molar-refractivity contribution in [3.8, 4) is 17.2 Å². The van der Waals surface area contributed by atoms with Gasteiger partial charge in [0.05, 0.1) is 13.2 Å². The minimum Gasteiger partial charge on any atom is -0.489 e. The summed E-state index contributed by atoms with van der Waals surface area (Å²) in [5, 5.41) is 1.81. The van der Waals surface area contributed by atoms with Crippen LogP contribution in [0.4, 0.5) is 0 Å². The van der Waals surface area contributed by atoms with Gasteiger partial charge in [-0.2, -0.15) is 0 Å². The Kier molecular flexibility index (Phi) is 9.19. The van der Waals surface area contributed by atoms with Gasteiger partial charge in [0.25, 0.3) is 0 Å². The first-order valence-electron chi connectivity index (χ1n) is 12.5. The van der Waals surface area contributed by atoms with Gasteiger partial charge in [0, 0.05) is 35.3 Å². The predicted molar refractivity (Wildman–Crippen MR) is 146 cm³/mol. The molecule has 0 N–H and O–H groups in total. The molecule has 37 heavy (non-hydrogen) atoms. The molecule has 0 saturated carbocycles. The monoisotopic (exact) mass is 496 g/mol. The van der Waals surface area contributed by atoms with E-state index in [1.165, 1.54) is 11.1 Å². The molecule has 0 aromatic heterocycles. The largest absolute Gasteiger partial charge is 0.489 e. The van der Waals surface area contributed by atoms with Gasteiger partial charge in [-0.25, -0.2) is 4.79 Å². The molecule has 190 valence electrons. The van der Waals surface area contributed by atoms with Gasteiger partial charge in [-0.15, -0.1) is 0 Å². The molecule has 5 nitrogen and oxygen atoms in total. The van der Waals surface area contributed by atoms with Crippen LogP contribution >= 0.6 is 0 Å². The van der Waals surface area contributed by atoms with Crippen molar-refractivity contribution >= 4 is 16.7 Å². The molecule has 0 fully saturated rings. The molecule has 0 heterocycles. The number of hydrogen-bond donors (Lipinski definition) is 0. The standard InChI is InChI=1S/C32H32O5/c1-24(2)32(33)37-22-21-35-29-23-30(34-19-17-25-11-5-3-6-12-25)31(28-16-10-9-15-27(28)29)36-20-18-26-13-7-4-8-14-26/h3-16,23H,1,17-22H2,2H3. The second-order valence-electron chi connectivity index (χ2n) is 8.68. The lowest BCUT2D eigenvalue weighted by molar-refractivity contribution is -0.139. The third kappa shape index (κ3) is 7.37. The van der Waals surface area contributed by atoms with Crippen molar-refractivity contribution in [2.24, 2.45) is 0 Å². The fraction of sp³-hybridized carbons (Fsp3) is 0.219. The summed E-state index contributed by atoms with van der Waals surface area (Å²) in [6, 6.07) is 30.3. The van der Waals surface area contributed by atoms with Crippen molar-refractivity contribution in [1.29, 1.82) is 0 Å². The predicted octanol–water partition coefficient (Wildman–Crippen LogP) is 6.58. The van der Waals surface area contributed by atoms with Gasteiger partial charge >= 0.3 is 5.97 Å². The summed E-state index contributed by atoms with van der Waals surface area (Å²) >= 11 is 0. The van der Waals surface area contributed by atoms with Crippen LogP contribution in [-0.4, -0.2) is 32.4 Å². The Morgan fingerprint density at radius 2 is 1.19 bits per heavy atom. The maximum atomic E-state index is 11.7. The van der Waals surface area contributed by atoms with Crippen LogP contribution in [0.2, 0.25) is 0 Å². The SMILES string of the molecule is C=C(C)C(=O)OCCOc1cc(OCCc2ccccc2)c(OCCc2ccccc2)c2ccccc12. The fourth-order valence-corrected chi connectivity index (χ4v) is 3.91. The van der Waals surface area contributed by atoms with E-state index in [1.807, 2.05) is 66.7 Å². The molecule has 0 aliphatic rings. The molecule has 0 saturated heterocycles. The van der Waals surface area contributed by atoms with Crippen molar-refractivity contribution < 1.29 is 23.7 Å². The van der Waals surface area contributed by atoms with Gasteiger partial charge < -0.3 is 18.9 Å². The summed E-state index contributed by atoms with van der Waals surface area (Å²) < 4.78 is 23.8. The molecule has 0 unspecified atom stereocenters. The Balaban J connectivity index is 1.54. The highest BCUT2D eigenvalue weighted by molar-refractivity contribution is 5.95. The number of carbonyl (C=O) groups is 1. The summed E-state index contributed by atoms with van der Waals surface area (Å²) in [4.78, 5) is 11.7. The van der Waals surface area contributed by atoms with Crippen LogP contribution in [0, 0.1) is 0 Å². The summed E-state index contributed by atoms with van der Waals surface area (Å²) in [7, 11) is 0. The molecule has 0 aliphatic carbocycles. The van der Waals surface area contributed by atoms with Crippen molar-refractivity contribution in [1.82, 2.24) is 0 Å². The molecule has 4 rings (SSSR count). The second kappa shape index (κ2) is 13.2. The third-order valence-corrected chi connectivity index (χ3v) is 5.82. The molecular weight excluding hydrogens is 464 g/mol. The highest BCUT2D eigenvalue weighted by Crippen LogP contribution is 2.42. The maximum absolute atomic E-state index is 11.7. The minimum atomic E-state index is -0.430. The number of carbonyl (C=O) groups excluding carboxylic acids is 1. The van der Waals surface area contributed by atoms with Gasteiger partial charge in [-0.05, 0) is 18.1 Å². The van der Waals surface area contributed by atoms with Crippen LogP contribution in [0.3, 0.4) is 0 Å². The molecule has 4 aromatic carbocycles. The van der Waals surface area contributed by atoms with E-state index in [2.05, 4.69) is 30.8 Å². The van der Waals surface area contributed by atoms with Crippen LogP contribution in [0.15, 0.2) is 103 Å². The number of fused-ring (bicyclic) bond motifs is 1. The van der Waals surface area contributed by atoms with Crippen LogP contribution in [-0.2, 0) is 22.4 Å². The first-order valence-corrected chi connectivity index (χ1v) is 12.5. The Labute approximate surface area is 218 Å². The molecule has 0 amide bonds. The Hall–Kier alpha value is -4.25. The van der Waals surface area contributed by atoms with Crippen molar-refractivity contribution in [3.05, 3.63) is 114 Å². The molecule has 0 spiro atoms. The van der Waals surface area contributed by atoms with E-state index < -0.39 is 5.97 Å². The smallest absolute Gasteiger partial charge is 0.333 e. The third-order valence-electron chi connectivity index (χ3n) is 5.82. The van der Waals surface area contributed by atoms with Crippen molar-refractivity contribution in [3.63, 3.8) is 0 Å².